The molecule has 5 heteroatoms. The summed E-state index contributed by atoms with van der Waals surface area (Å²) >= 11 is 1.28. The molecule has 1 rings (SSSR count). The van der Waals surface area contributed by atoms with Gasteiger partial charge in [-0.1, -0.05) is 11.8 Å². The summed E-state index contributed by atoms with van der Waals surface area (Å²) in [5, 5.41) is 2.71. The molecule has 0 aromatic heterocycles. The molecule has 3 N–H and O–H groups in total. The molecule has 1 aliphatic heterocycles. The number of hydrogen-bond acceptors (Lipinski definition) is 4. The summed E-state index contributed by atoms with van der Waals surface area (Å²) in [7, 11) is 0. The van der Waals surface area contributed by atoms with Crippen LogP contribution >= 0.6 is 11.8 Å². The molecule has 0 bridgehead atoms. The third-order valence-corrected chi connectivity index (χ3v) is 2.65. The van der Waals surface area contributed by atoms with Crippen molar-refractivity contribution in [2.45, 2.75) is 18.9 Å². The zero-order valence-electron chi connectivity index (χ0n) is 6.71. The van der Waals surface area contributed by atoms with Gasteiger partial charge in [-0.05, 0) is 6.42 Å². The summed E-state index contributed by atoms with van der Waals surface area (Å²) in [5.41, 5.74) is 5.19. The molecule has 12 heavy (non-hydrogen) atoms. The Morgan fingerprint density at radius 3 is 3.00 bits per heavy atom. The number of carbonyl (C=O) groups is 2. The van der Waals surface area contributed by atoms with Crippen molar-refractivity contribution in [2.24, 2.45) is 5.73 Å². The van der Waals surface area contributed by atoms with Crippen LogP contribution in [-0.4, -0.2) is 29.4 Å². The Balaban J connectivity index is 2.30. The molecule has 0 radical (unpaired) electrons. The topological polar surface area (TPSA) is 72.2 Å². The SMILES string of the molecule is NCCC(=O)N[C@H]1CCSC1=O. The van der Waals surface area contributed by atoms with Crippen molar-refractivity contribution in [3.05, 3.63) is 0 Å². The molecular weight excluding hydrogens is 176 g/mol. The van der Waals surface area contributed by atoms with E-state index in [9.17, 15) is 9.59 Å². The minimum Gasteiger partial charge on any atom is -0.345 e. The molecule has 0 unspecified atom stereocenters. The summed E-state index contributed by atoms with van der Waals surface area (Å²) in [6.45, 7) is 0.333. The van der Waals surface area contributed by atoms with Crippen LogP contribution in [0.1, 0.15) is 12.8 Å². The van der Waals surface area contributed by atoms with Gasteiger partial charge in [-0.3, -0.25) is 9.59 Å². The molecule has 1 heterocycles. The molecule has 4 nitrogen and oxygen atoms in total. The average molecular weight is 188 g/mol. The molecule has 0 aliphatic carbocycles. The molecule has 0 saturated carbocycles. The van der Waals surface area contributed by atoms with Crippen LogP contribution in [0.25, 0.3) is 0 Å². The van der Waals surface area contributed by atoms with Crippen molar-refractivity contribution in [3.8, 4) is 0 Å². The maximum atomic E-state index is 11.0. The second-order valence-electron chi connectivity index (χ2n) is 2.61. The largest absolute Gasteiger partial charge is 0.345 e. The van der Waals surface area contributed by atoms with Gasteiger partial charge < -0.3 is 11.1 Å². The van der Waals surface area contributed by atoms with E-state index < -0.39 is 0 Å². The van der Waals surface area contributed by atoms with Crippen LogP contribution in [0.5, 0.6) is 0 Å². The van der Waals surface area contributed by atoms with E-state index in [-0.39, 0.29) is 17.1 Å². The smallest absolute Gasteiger partial charge is 0.221 e. The predicted molar refractivity (Wildman–Crippen MR) is 47.7 cm³/mol. The molecule has 1 atom stereocenters. The Bertz CT molecular complexity index is 196. The standard InChI is InChI=1S/C7H12N2O2S/c8-3-1-6(10)9-5-2-4-12-7(5)11/h5H,1-4,8H2,(H,9,10)/t5-/m0/s1. The van der Waals surface area contributed by atoms with Crippen molar-refractivity contribution in [1.82, 2.24) is 5.32 Å². The minimum atomic E-state index is -0.269. The van der Waals surface area contributed by atoms with Crippen LogP contribution in [-0.2, 0) is 9.59 Å². The number of amides is 1. The van der Waals surface area contributed by atoms with Crippen LogP contribution in [0, 0.1) is 0 Å². The highest BCUT2D eigenvalue weighted by Crippen LogP contribution is 2.19. The van der Waals surface area contributed by atoms with E-state index in [0.717, 1.165) is 12.2 Å². The Kier molecular flexibility index (Phi) is 3.55. The van der Waals surface area contributed by atoms with Crippen LogP contribution in [0.3, 0.4) is 0 Å². The molecule has 1 fully saturated rings. The number of nitrogens with two attached hydrogens (primary N) is 1. The Morgan fingerprint density at radius 1 is 1.75 bits per heavy atom. The first-order valence-electron chi connectivity index (χ1n) is 3.90. The Morgan fingerprint density at radius 2 is 2.50 bits per heavy atom. The van der Waals surface area contributed by atoms with Crippen LogP contribution in [0.4, 0.5) is 0 Å². The fourth-order valence-corrected chi connectivity index (χ4v) is 1.96. The zero-order valence-corrected chi connectivity index (χ0v) is 7.52. The summed E-state index contributed by atoms with van der Waals surface area (Å²) in [5.74, 6) is 0.685. The first-order chi connectivity index (χ1) is 5.74. The number of thioether (sulfide) groups is 1. The van der Waals surface area contributed by atoms with Gasteiger partial charge in [0.15, 0.2) is 0 Å². The van der Waals surface area contributed by atoms with Crippen molar-refractivity contribution in [1.29, 1.82) is 0 Å². The molecule has 1 aliphatic rings. The lowest BCUT2D eigenvalue weighted by Crippen LogP contribution is -2.37. The molecular formula is C7H12N2O2S. The predicted octanol–water partition coefficient (Wildman–Crippen LogP) is -0.516. The minimum absolute atomic E-state index is 0.0698. The molecule has 0 aromatic rings. The first-order valence-corrected chi connectivity index (χ1v) is 4.88. The van der Waals surface area contributed by atoms with Gasteiger partial charge in [0.2, 0.25) is 11.0 Å². The molecule has 68 valence electrons. The van der Waals surface area contributed by atoms with Crippen LogP contribution < -0.4 is 11.1 Å². The molecule has 1 amide bonds. The molecule has 0 aromatic carbocycles. The quantitative estimate of drug-likeness (QED) is 0.625. The van der Waals surface area contributed by atoms with Crippen molar-refractivity contribution in [2.75, 3.05) is 12.3 Å². The molecule has 1 saturated heterocycles. The van der Waals surface area contributed by atoms with Gasteiger partial charge in [0, 0.05) is 18.7 Å². The fraction of sp³-hybridized carbons (Fsp3) is 0.714. The number of carbonyl (C=O) groups excluding carboxylic acids is 2. The number of nitrogens with one attached hydrogen (secondary N) is 1. The number of hydrogen-bond donors (Lipinski definition) is 2. The lowest BCUT2D eigenvalue weighted by molar-refractivity contribution is -0.124. The maximum Gasteiger partial charge on any atom is 0.221 e. The first kappa shape index (κ1) is 9.54. The second kappa shape index (κ2) is 4.47. The van der Waals surface area contributed by atoms with Crippen molar-refractivity contribution >= 4 is 22.8 Å². The highest BCUT2D eigenvalue weighted by molar-refractivity contribution is 8.14. The summed E-state index contributed by atoms with van der Waals surface area (Å²) in [6, 6.07) is -0.269. The van der Waals surface area contributed by atoms with E-state index in [4.69, 9.17) is 5.73 Å². The van der Waals surface area contributed by atoms with Gasteiger partial charge in [-0.15, -0.1) is 0 Å². The van der Waals surface area contributed by atoms with Gasteiger partial charge in [0.1, 0.15) is 0 Å². The average Bonchev–Trinajstić information content (AvgIpc) is 2.37. The normalized spacial score (nSPS) is 22.8. The van der Waals surface area contributed by atoms with Gasteiger partial charge in [0.25, 0.3) is 0 Å². The van der Waals surface area contributed by atoms with E-state index in [1.165, 1.54) is 11.8 Å². The van der Waals surface area contributed by atoms with Crippen LogP contribution in [0.15, 0.2) is 0 Å². The Hall–Kier alpha value is -0.550. The third kappa shape index (κ3) is 2.49. The number of rotatable bonds is 3. The third-order valence-electron chi connectivity index (χ3n) is 1.64. The van der Waals surface area contributed by atoms with Gasteiger partial charge in [-0.25, -0.2) is 0 Å². The lowest BCUT2D eigenvalue weighted by Gasteiger charge is -2.08. The van der Waals surface area contributed by atoms with E-state index in [1.807, 2.05) is 0 Å². The van der Waals surface area contributed by atoms with Crippen molar-refractivity contribution in [3.63, 3.8) is 0 Å². The zero-order chi connectivity index (χ0) is 8.97. The van der Waals surface area contributed by atoms with E-state index in [1.54, 1.807) is 0 Å². The van der Waals surface area contributed by atoms with Crippen LogP contribution in [0.2, 0.25) is 0 Å². The molecule has 0 spiro atoms. The van der Waals surface area contributed by atoms with Gasteiger partial charge in [-0.2, -0.15) is 0 Å². The van der Waals surface area contributed by atoms with E-state index in [2.05, 4.69) is 5.32 Å². The van der Waals surface area contributed by atoms with Crippen molar-refractivity contribution < 1.29 is 9.59 Å². The highest BCUT2D eigenvalue weighted by Gasteiger charge is 2.26. The van der Waals surface area contributed by atoms with Gasteiger partial charge >= 0.3 is 0 Å². The van der Waals surface area contributed by atoms with E-state index >= 15 is 0 Å². The maximum absolute atomic E-state index is 11.0. The summed E-state index contributed by atoms with van der Waals surface area (Å²) in [4.78, 5) is 22.0. The monoisotopic (exact) mass is 188 g/mol. The lowest BCUT2D eigenvalue weighted by atomic mass is 10.2. The van der Waals surface area contributed by atoms with E-state index in [0.29, 0.717) is 13.0 Å². The highest BCUT2D eigenvalue weighted by atomic mass is 32.2. The van der Waals surface area contributed by atoms with Gasteiger partial charge in [0.05, 0.1) is 6.04 Å². The summed E-state index contributed by atoms with van der Waals surface area (Å²) < 4.78 is 0. The second-order valence-corrected chi connectivity index (χ2v) is 3.71. The fourth-order valence-electron chi connectivity index (χ4n) is 1.02. The summed E-state index contributed by atoms with van der Waals surface area (Å²) in [6.07, 6.45) is 1.05. The Labute approximate surface area is 75.3 Å².